The second kappa shape index (κ2) is 5.11. The van der Waals surface area contributed by atoms with Crippen molar-refractivity contribution in [1.82, 2.24) is 9.97 Å². The quantitative estimate of drug-likeness (QED) is 0.920. The first-order chi connectivity index (χ1) is 10.3. The van der Waals surface area contributed by atoms with Crippen molar-refractivity contribution < 1.29 is 9.47 Å². The van der Waals surface area contributed by atoms with E-state index in [9.17, 15) is 0 Å². The Labute approximate surface area is 127 Å². The predicted octanol–water partition coefficient (Wildman–Crippen LogP) is 2.70. The summed E-state index contributed by atoms with van der Waals surface area (Å²) in [6.07, 6.45) is 0. The Morgan fingerprint density at radius 1 is 1.10 bits per heavy atom. The van der Waals surface area contributed by atoms with Gasteiger partial charge in [-0.05, 0) is 18.2 Å². The van der Waals surface area contributed by atoms with Crippen LogP contribution in [-0.2, 0) is 11.5 Å². The lowest BCUT2D eigenvalue weighted by atomic mass is 10.1. The normalized spacial score (nSPS) is 15.7. The second-order valence-corrected chi connectivity index (χ2v) is 5.91. The molecule has 0 saturated carbocycles. The van der Waals surface area contributed by atoms with Gasteiger partial charge in [0.2, 0.25) is 0 Å². The fourth-order valence-electron chi connectivity index (χ4n) is 2.57. The number of nitrogens with zero attached hydrogens (tertiary/aromatic N) is 2. The predicted molar refractivity (Wildman–Crippen MR) is 83.0 cm³/mol. The highest BCUT2D eigenvalue weighted by Crippen LogP contribution is 2.37. The van der Waals surface area contributed by atoms with Crippen LogP contribution in [-0.4, -0.2) is 30.2 Å². The summed E-state index contributed by atoms with van der Waals surface area (Å²) in [5.74, 6) is 5.14. The largest absolute Gasteiger partial charge is 0.486 e. The van der Waals surface area contributed by atoms with Gasteiger partial charge in [0.15, 0.2) is 17.3 Å². The van der Waals surface area contributed by atoms with Crippen LogP contribution in [0, 0.1) is 0 Å². The smallest absolute Gasteiger partial charge is 0.162 e. The van der Waals surface area contributed by atoms with Gasteiger partial charge < -0.3 is 14.8 Å². The number of aromatic nitrogens is 2. The van der Waals surface area contributed by atoms with Gasteiger partial charge in [0.1, 0.15) is 19.0 Å². The zero-order chi connectivity index (χ0) is 14.2. The third-order valence-corrected chi connectivity index (χ3v) is 4.59. The summed E-state index contributed by atoms with van der Waals surface area (Å²) in [4.78, 5) is 9.36. The molecule has 0 spiro atoms. The first kappa shape index (κ1) is 12.8. The minimum absolute atomic E-state index is 0.583. The summed E-state index contributed by atoms with van der Waals surface area (Å²) in [6.45, 7) is 1.18. The number of anilines is 1. The van der Waals surface area contributed by atoms with Crippen LogP contribution in [0.3, 0.4) is 0 Å². The Kier molecular flexibility index (Phi) is 3.11. The summed E-state index contributed by atoms with van der Waals surface area (Å²) in [6, 6.07) is 5.86. The Hall–Kier alpha value is -1.95. The van der Waals surface area contributed by atoms with Crippen molar-refractivity contribution >= 4 is 17.6 Å². The molecule has 0 aliphatic carbocycles. The van der Waals surface area contributed by atoms with Gasteiger partial charge in [0.05, 0.1) is 5.69 Å². The summed E-state index contributed by atoms with van der Waals surface area (Å²) in [5.41, 5.74) is 3.31. The maximum absolute atomic E-state index is 5.63. The monoisotopic (exact) mass is 301 g/mol. The number of ether oxygens (including phenoxy) is 2. The first-order valence-electron chi connectivity index (χ1n) is 6.90. The molecule has 3 heterocycles. The molecule has 1 aromatic carbocycles. The molecule has 108 valence electrons. The molecule has 0 atom stereocenters. The Bertz CT molecular complexity index is 706. The lowest BCUT2D eigenvalue weighted by Crippen LogP contribution is -2.15. The van der Waals surface area contributed by atoms with Crippen LogP contribution >= 0.6 is 11.8 Å². The van der Waals surface area contributed by atoms with Crippen LogP contribution in [0.5, 0.6) is 11.5 Å². The van der Waals surface area contributed by atoms with E-state index in [0.717, 1.165) is 45.9 Å². The fourth-order valence-corrected chi connectivity index (χ4v) is 3.61. The SMILES string of the molecule is CNc1nc(-c2ccc3c(c2)OCCO3)nc2c1CSC2. The van der Waals surface area contributed by atoms with E-state index in [1.807, 2.05) is 37.0 Å². The molecule has 6 heteroatoms. The summed E-state index contributed by atoms with van der Waals surface area (Å²) in [5, 5.41) is 3.18. The van der Waals surface area contributed by atoms with Crippen molar-refractivity contribution in [1.29, 1.82) is 0 Å². The molecule has 1 N–H and O–H groups in total. The van der Waals surface area contributed by atoms with Gasteiger partial charge in [-0.3, -0.25) is 0 Å². The molecule has 0 amide bonds. The number of hydrogen-bond acceptors (Lipinski definition) is 6. The van der Waals surface area contributed by atoms with Crippen LogP contribution in [0.15, 0.2) is 18.2 Å². The molecule has 21 heavy (non-hydrogen) atoms. The Morgan fingerprint density at radius 3 is 2.81 bits per heavy atom. The highest BCUT2D eigenvalue weighted by molar-refractivity contribution is 7.98. The zero-order valence-corrected chi connectivity index (χ0v) is 12.5. The van der Waals surface area contributed by atoms with Crippen molar-refractivity contribution in [3.63, 3.8) is 0 Å². The van der Waals surface area contributed by atoms with Crippen molar-refractivity contribution in [3.8, 4) is 22.9 Å². The highest BCUT2D eigenvalue weighted by Gasteiger charge is 2.20. The molecule has 5 nitrogen and oxygen atoms in total. The van der Waals surface area contributed by atoms with E-state index >= 15 is 0 Å². The number of nitrogens with one attached hydrogen (secondary N) is 1. The number of hydrogen-bond donors (Lipinski definition) is 1. The lowest BCUT2D eigenvalue weighted by Gasteiger charge is -2.18. The standard InChI is InChI=1S/C15H15N3O2S/c1-16-15-10-7-21-8-11(10)17-14(18-15)9-2-3-12-13(6-9)20-5-4-19-12/h2-3,6H,4-5,7-8H2,1H3,(H,16,17,18). The Balaban J connectivity index is 1.80. The van der Waals surface area contributed by atoms with Crippen molar-refractivity contribution in [2.75, 3.05) is 25.6 Å². The number of rotatable bonds is 2. The van der Waals surface area contributed by atoms with E-state index in [1.54, 1.807) is 0 Å². The highest BCUT2D eigenvalue weighted by atomic mass is 32.2. The van der Waals surface area contributed by atoms with Crippen LogP contribution in [0.1, 0.15) is 11.3 Å². The maximum atomic E-state index is 5.63. The van der Waals surface area contributed by atoms with E-state index in [4.69, 9.17) is 14.5 Å². The minimum Gasteiger partial charge on any atom is -0.486 e. The zero-order valence-electron chi connectivity index (χ0n) is 11.7. The van der Waals surface area contributed by atoms with E-state index in [2.05, 4.69) is 10.3 Å². The van der Waals surface area contributed by atoms with E-state index in [-0.39, 0.29) is 0 Å². The molecule has 2 aliphatic rings. The number of thioether (sulfide) groups is 1. The van der Waals surface area contributed by atoms with Crippen molar-refractivity contribution in [3.05, 3.63) is 29.5 Å². The van der Waals surface area contributed by atoms with Gasteiger partial charge in [-0.15, -0.1) is 0 Å². The Morgan fingerprint density at radius 2 is 1.95 bits per heavy atom. The van der Waals surface area contributed by atoms with E-state index < -0.39 is 0 Å². The lowest BCUT2D eigenvalue weighted by molar-refractivity contribution is 0.171. The van der Waals surface area contributed by atoms with E-state index in [0.29, 0.717) is 13.2 Å². The molecule has 4 rings (SSSR count). The topological polar surface area (TPSA) is 56.3 Å². The molecule has 0 fully saturated rings. The third kappa shape index (κ3) is 2.19. The first-order valence-corrected chi connectivity index (χ1v) is 8.06. The summed E-state index contributed by atoms with van der Waals surface area (Å²) < 4.78 is 11.2. The molecule has 0 saturated heterocycles. The van der Waals surface area contributed by atoms with Crippen LogP contribution in [0.4, 0.5) is 5.82 Å². The minimum atomic E-state index is 0.583. The molecular formula is C15H15N3O2S. The third-order valence-electron chi connectivity index (χ3n) is 3.62. The molecule has 2 aromatic rings. The van der Waals surface area contributed by atoms with E-state index in [1.165, 1.54) is 5.56 Å². The maximum Gasteiger partial charge on any atom is 0.162 e. The van der Waals surface area contributed by atoms with Crippen LogP contribution in [0.2, 0.25) is 0 Å². The molecule has 0 unspecified atom stereocenters. The van der Waals surface area contributed by atoms with Gasteiger partial charge in [0, 0.05) is 29.7 Å². The van der Waals surface area contributed by atoms with Gasteiger partial charge in [-0.2, -0.15) is 11.8 Å². The average molecular weight is 301 g/mol. The summed E-state index contributed by atoms with van der Waals surface area (Å²) in [7, 11) is 1.90. The van der Waals surface area contributed by atoms with Crippen molar-refractivity contribution in [2.45, 2.75) is 11.5 Å². The molecule has 0 radical (unpaired) electrons. The van der Waals surface area contributed by atoms with Gasteiger partial charge in [0.25, 0.3) is 0 Å². The average Bonchev–Trinajstić information content (AvgIpc) is 3.02. The molecule has 1 aromatic heterocycles. The van der Waals surface area contributed by atoms with Crippen LogP contribution < -0.4 is 14.8 Å². The second-order valence-electron chi connectivity index (χ2n) is 4.92. The van der Waals surface area contributed by atoms with Crippen LogP contribution in [0.25, 0.3) is 11.4 Å². The number of fused-ring (bicyclic) bond motifs is 2. The van der Waals surface area contributed by atoms with Crippen molar-refractivity contribution in [2.24, 2.45) is 0 Å². The molecule has 0 bridgehead atoms. The van der Waals surface area contributed by atoms with Gasteiger partial charge in [-0.25, -0.2) is 9.97 Å². The van der Waals surface area contributed by atoms with Gasteiger partial charge >= 0.3 is 0 Å². The fraction of sp³-hybridized carbons (Fsp3) is 0.333. The molecule has 2 aliphatic heterocycles. The summed E-state index contributed by atoms with van der Waals surface area (Å²) >= 11 is 1.87. The molecular weight excluding hydrogens is 286 g/mol. The van der Waals surface area contributed by atoms with Gasteiger partial charge in [-0.1, -0.05) is 0 Å². The number of benzene rings is 1.